The average molecular weight is 326 g/mol. The summed E-state index contributed by atoms with van der Waals surface area (Å²) in [5.41, 5.74) is 1.85. The predicted octanol–water partition coefficient (Wildman–Crippen LogP) is 4.92. The van der Waals surface area contributed by atoms with E-state index in [4.69, 9.17) is 27.9 Å². The first-order valence-electron chi connectivity index (χ1n) is 6.66. The largest absolute Gasteiger partial charge is 0.485 e. The third-order valence-corrected chi connectivity index (χ3v) is 4.11. The Bertz CT molecular complexity index is 657. The van der Waals surface area contributed by atoms with Gasteiger partial charge in [-0.1, -0.05) is 29.3 Å². The van der Waals surface area contributed by atoms with Crippen molar-refractivity contribution in [3.8, 4) is 5.75 Å². The van der Waals surface area contributed by atoms with E-state index in [1.54, 1.807) is 12.1 Å². The predicted molar refractivity (Wildman–Crippen MR) is 82.6 cm³/mol. The Morgan fingerprint density at radius 1 is 1.14 bits per heavy atom. The van der Waals surface area contributed by atoms with Gasteiger partial charge in [0.2, 0.25) is 0 Å². The Balaban J connectivity index is 1.99. The van der Waals surface area contributed by atoms with Crippen LogP contribution in [0.25, 0.3) is 0 Å². The van der Waals surface area contributed by atoms with Gasteiger partial charge in [-0.25, -0.2) is 4.39 Å². The molecule has 2 aromatic carbocycles. The standard InChI is InChI=1S/C16H14Cl2FNO/c1-20-14-8-15(9-4-10(17)6-11(18)5-9)21-16-7-12(19)2-3-13(14)16/h2-7,14-15,20H,8H2,1H3. The highest BCUT2D eigenvalue weighted by atomic mass is 35.5. The SMILES string of the molecule is CNC1CC(c2cc(Cl)cc(Cl)c2)Oc2cc(F)ccc21. The van der Waals surface area contributed by atoms with Crippen LogP contribution in [0.3, 0.4) is 0 Å². The highest BCUT2D eigenvalue weighted by molar-refractivity contribution is 6.34. The van der Waals surface area contributed by atoms with Crippen LogP contribution in [0.4, 0.5) is 4.39 Å². The Morgan fingerprint density at radius 3 is 2.52 bits per heavy atom. The zero-order valence-corrected chi connectivity index (χ0v) is 12.9. The van der Waals surface area contributed by atoms with E-state index >= 15 is 0 Å². The van der Waals surface area contributed by atoms with E-state index in [2.05, 4.69) is 5.32 Å². The van der Waals surface area contributed by atoms with Gasteiger partial charge < -0.3 is 10.1 Å². The van der Waals surface area contributed by atoms with Gasteiger partial charge in [-0.05, 0) is 36.9 Å². The van der Waals surface area contributed by atoms with E-state index in [0.717, 1.165) is 17.5 Å². The molecule has 0 radical (unpaired) electrons. The summed E-state index contributed by atoms with van der Waals surface area (Å²) in [6.45, 7) is 0. The van der Waals surface area contributed by atoms with Gasteiger partial charge >= 0.3 is 0 Å². The average Bonchev–Trinajstić information content (AvgIpc) is 2.44. The molecule has 0 spiro atoms. The van der Waals surface area contributed by atoms with Gasteiger partial charge in [0.05, 0.1) is 0 Å². The van der Waals surface area contributed by atoms with Gasteiger partial charge in [0, 0.05) is 34.1 Å². The fourth-order valence-corrected chi connectivity index (χ4v) is 3.22. The van der Waals surface area contributed by atoms with Crippen LogP contribution in [0, 0.1) is 5.82 Å². The van der Waals surface area contributed by atoms with Gasteiger partial charge in [-0.3, -0.25) is 0 Å². The fourth-order valence-electron chi connectivity index (χ4n) is 2.68. The molecular weight excluding hydrogens is 312 g/mol. The molecule has 0 fully saturated rings. The molecule has 1 heterocycles. The molecule has 1 N–H and O–H groups in total. The van der Waals surface area contributed by atoms with Gasteiger partial charge in [-0.2, -0.15) is 0 Å². The molecule has 0 aromatic heterocycles. The van der Waals surface area contributed by atoms with Crippen LogP contribution in [-0.4, -0.2) is 7.05 Å². The molecule has 1 aliphatic heterocycles. The molecule has 1 aliphatic rings. The first kappa shape index (κ1) is 14.6. The molecule has 5 heteroatoms. The summed E-state index contributed by atoms with van der Waals surface area (Å²) in [4.78, 5) is 0. The summed E-state index contributed by atoms with van der Waals surface area (Å²) < 4.78 is 19.4. The van der Waals surface area contributed by atoms with Crippen molar-refractivity contribution < 1.29 is 9.13 Å². The van der Waals surface area contributed by atoms with Gasteiger partial charge in [0.15, 0.2) is 0 Å². The monoisotopic (exact) mass is 325 g/mol. The second-order valence-corrected chi connectivity index (χ2v) is 5.94. The third-order valence-electron chi connectivity index (χ3n) is 3.68. The first-order valence-corrected chi connectivity index (χ1v) is 7.42. The zero-order chi connectivity index (χ0) is 15.0. The van der Waals surface area contributed by atoms with Crippen LogP contribution in [-0.2, 0) is 0 Å². The maximum absolute atomic E-state index is 13.4. The van der Waals surface area contributed by atoms with E-state index in [1.165, 1.54) is 12.1 Å². The minimum atomic E-state index is -0.312. The number of rotatable bonds is 2. The highest BCUT2D eigenvalue weighted by Crippen LogP contribution is 2.41. The smallest absolute Gasteiger partial charge is 0.127 e. The van der Waals surface area contributed by atoms with Crippen molar-refractivity contribution >= 4 is 23.2 Å². The van der Waals surface area contributed by atoms with E-state index in [1.807, 2.05) is 19.2 Å². The Hall–Kier alpha value is -1.29. The summed E-state index contributed by atoms with van der Waals surface area (Å²) in [5.74, 6) is 0.245. The molecular formula is C16H14Cl2FNO. The fraction of sp³-hybridized carbons (Fsp3) is 0.250. The molecule has 0 amide bonds. The molecule has 2 nitrogen and oxygen atoms in total. The Kier molecular flexibility index (Phi) is 4.07. The van der Waals surface area contributed by atoms with Crippen LogP contribution in [0.15, 0.2) is 36.4 Å². The molecule has 0 aliphatic carbocycles. The van der Waals surface area contributed by atoms with Crippen molar-refractivity contribution in [1.29, 1.82) is 0 Å². The van der Waals surface area contributed by atoms with E-state index < -0.39 is 0 Å². The van der Waals surface area contributed by atoms with Gasteiger partial charge in [0.1, 0.15) is 17.7 Å². The molecule has 2 unspecified atom stereocenters. The molecule has 2 aromatic rings. The maximum Gasteiger partial charge on any atom is 0.127 e. The van der Waals surface area contributed by atoms with Crippen molar-refractivity contribution in [2.75, 3.05) is 7.05 Å². The zero-order valence-electron chi connectivity index (χ0n) is 11.4. The van der Waals surface area contributed by atoms with Crippen molar-refractivity contribution in [2.45, 2.75) is 18.6 Å². The molecule has 2 atom stereocenters. The summed E-state index contributed by atoms with van der Waals surface area (Å²) in [6.07, 6.45) is 0.513. The second-order valence-electron chi connectivity index (χ2n) is 5.07. The topological polar surface area (TPSA) is 21.3 Å². The highest BCUT2D eigenvalue weighted by Gasteiger charge is 2.29. The number of hydrogen-bond acceptors (Lipinski definition) is 2. The van der Waals surface area contributed by atoms with E-state index in [9.17, 15) is 4.39 Å². The lowest BCUT2D eigenvalue weighted by molar-refractivity contribution is 0.153. The molecule has 0 bridgehead atoms. The molecule has 110 valence electrons. The molecule has 0 saturated carbocycles. The normalized spacial score (nSPS) is 20.8. The van der Waals surface area contributed by atoms with E-state index in [0.29, 0.717) is 15.8 Å². The number of benzene rings is 2. The van der Waals surface area contributed by atoms with Crippen molar-refractivity contribution in [3.05, 3.63) is 63.4 Å². The van der Waals surface area contributed by atoms with Crippen LogP contribution < -0.4 is 10.1 Å². The summed E-state index contributed by atoms with van der Waals surface area (Å²) >= 11 is 12.1. The van der Waals surface area contributed by atoms with Gasteiger partial charge in [0.25, 0.3) is 0 Å². The van der Waals surface area contributed by atoms with Crippen LogP contribution in [0.5, 0.6) is 5.75 Å². The third kappa shape index (κ3) is 3.00. The molecule has 3 rings (SSSR count). The summed E-state index contributed by atoms with van der Waals surface area (Å²) in [7, 11) is 1.88. The summed E-state index contributed by atoms with van der Waals surface area (Å²) in [6, 6.07) is 10.0. The Labute approximate surface area is 132 Å². The van der Waals surface area contributed by atoms with Gasteiger partial charge in [-0.15, -0.1) is 0 Å². The number of fused-ring (bicyclic) bond motifs is 1. The van der Waals surface area contributed by atoms with E-state index in [-0.39, 0.29) is 18.0 Å². The van der Waals surface area contributed by atoms with Crippen LogP contribution in [0.1, 0.15) is 29.7 Å². The molecule has 21 heavy (non-hydrogen) atoms. The minimum Gasteiger partial charge on any atom is -0.485 e. The number of hydrogen-bond donors (Lipinski definition) is 1. The number of halogens is 3. The quantitative estimate of drug-likeness (QED) is 0.846. The Morgan fingerprint density at radius 2 is 1.86 bits per heavy atom. The van der Waals surface area contributed by atoms with Crippen molar-refractivity contribution in [2.24, 2.45) is 0 Å². The van der Waals surface area contributed by atoms with Crippen molar-refractivity contribution in [1.82, 2.24) is 5.32 Å². The minimum absolute atomic E-state index is 0.0945. The lowest BCUT2D eigenvalue weighted by Crippen LogP contribution is -2.26. The number of ether oxygens (including phenoxy) is 1. The molecule has 0 saturated heterocycles. The number of nitrogens with one attached hydrogen (secondary N) is 1. The van der Waals surface area contributed by atoms with Crippen LogP contribution >= 0.6 is 23.2 Å². The second kappa shape index (κ2) is 5.84. The maximum atomic E-state index is 13.4. The van der Waals surface area contributed by atoms with Crippen LogP contribution in [0.2, 0.25) is 10.0 Å². The lowest BCUT2D eigenvalue weighted by atomic mass is 9.93. The van der Waals surface area contributed by atoms with Crippen molar-refractivity contribution in [3.63, 3.8) is 0 Å². The lowest BCUT2D eigenvalue weighted by Gasteiger charge is -2.32. The summed E-state index contributed by atoms with van der Waals surface area (Å²) in [5, 5.41) is 4.36. The first-order chi connectivity index (χ1) is 10.1.